The quantitative estimate of drug-likeness (QED) is 0.625. The number of hydrogen-bond acceptors (Lipinski definition) is 4. The van der Waals surface area contributed by atoms with Crippen LogP contribution in [0.2, 0.25) is 0 Å². The van der Waals surface area contributed by atoms with Crippen molar-refractivity contribution in [2.24, 2.45) is 5.10 Å². The minimum atomic E-state index is -0.669. The van der Waals surface area contributed by atoms with Crippen molar-refractivity contribution in [2.45, 2.75) is 0 Å². The number of carbonyl (C=O) groups is 2. The van der Waals surface area contributed by atoms with E-state index in [1.807, 2.05) is 6.07 Å². The maximum absolute atomic E-state index is 13.4. The molecule has 0 unspecified atom stereocenters. The lowest BCUT2D eigenvalue weighted by Crippen LogP contribution is -2.35. The number of hydrogen-bond donors (Lipinski definition) is 2. The Morgan fingerprint density at radius 1 is 1.17 bits per heavy atom. The topological polar surface area (TPSA) is 79.8 Å². The predicted octanol–water partition coefficient (Wildman–Crippen LogP) is 1.71. The van der Waals surface area contributed by atoms with Crippen molar-refractivity contribution in [1.82, 2.24) is 10.7 Å². The summed E-state index contributed by atoms with van der Waals surface area (Å²) >= 11 is 0. The summed E-state index contributed by atoms with van der Waals surface area (Å²) in [5, 5.41) is 6.11. The van der Waals surface area contributed by atoms with Crippen LogP contribution in [0, 0.1) is 5.82 Å². The second-order valence-corrected chi connectivity index (χ2v) is 4.70. The number of hydrazone groups is 1. The second-order valence-electron chi connectivity index (χ2n) is 4.70. The van der Waals surface area contributed by atoms with Gasteiger partial charge in [0, 0.05) is 5.56 Å². The zero-order valence-corrected chi connectivity index (χ0v) is 13.0. The van der Waals surface area contributed by atoms with E-state index in [4.69, 9.17) is 4.74 Å². The van der Waals surface area contributed by atoms with Gasteiger partial charge in [-0.2, -0.15) is 5.10 Å². The fourth-order valence-electron chi connectivity index (χ4n) is 1.89. The van der Waals surface area contributed by atoms with E-state index in [0.29, 0.717) is 11.3 Å². The number of amides is 2. The van der Waals surface area contributed by atoms with Crippen LogP contribution in [0.4, 0.5) is 4.39 Å². The highest BCUT2D eigenvalue weighted by Crippen LogP contribution is 2.14. The highest BCUT2D eigenvalue weighted by molar-refractivity contribution is 5.96. The van der Waals surface area contributed by atoms with Crippen molar-refractivity contribution >= 4 is 18.0 Å². The molecule has 2 amide bonds. The molecule has 0 aromatic heterocycles. The first-order valence-corrected chi connectivity index (χ1v) is 7.09. The van der Waals surface area contributed by atoms with E-state index >= 15 is 0 Å². The van der Waals surface area contributed by atoms with Crippen molar-refractivity contribution in [2.75, 3.05) is 13.7 Å². The maximum Gasteiger partial charge on any atom is 0.259 e. The smallest absolute Gasteiger partial charge is 0.259 e. The molecular weight excluding hydrogens is 313 g/mol. The maximum atomic E-state index is 13.4. The second kappa shape index (κ2) is 8.42. The highest BCUT2D eigenvalue weighted by atomic mass is 19.1. The third-order valence-electron chi connectivity index (χ3n) is 3.06. The summed E-state index contributed by atoms with van der Waals surface area (Å²) in [7, 11) is 1.53. The molecule has 0 aliphatic carbocycles. The molecule has 2 aromatic carbocycles. The van der Waals surface area contributed by atoms with E-state index in [-0.39, 0.29) is 12.1 Å². The van der Waals surface area contributed by atoms with Crippen LogP contribution in [0.15, 0.2) is 53.6 Å². The summed E-state index contributed by atoms with van der Waals surface area (Å²) in [4.78, 5) is 23.4. The fraction of sp³-hybridized carbons (Fsp3) is 0.118. The van der Waals surface area contributed by atoms with Gasteiger partial charge in [0.2, 0.25) is 0 Å². The minimum absolute atomic E-state index is 0.122. The molecule has 0 aliphatic heterocycles. The lowest BCUT2D eigenvalue weighted by Gasteiger charge is -2.05. The molecule has 0 heterocycles. The fourth-order valence-corrected chi connectivity index (χ4v) is 1.89. The number of rotatable bonds is 6. The number of methoxy groups -OCH3 is 1. The average molecular weight is 329 g/mol. The zero-order chi connectivity index (χ0) is 17.4. The molecule has 0 aliphatic rings. The van der Waals surface area contributed by atoms with Crippen LogP contribution in [-0.4, -0.2) is 31.7 Å². The molecule has 6 nitrogen and oxygen atoms in total. The van der Waals surface area contributed by atoms with Crippen molar-refractivity contribution in [1.29, 1.82) is 0 Å². The number of benzene rings is 2. The zero-order valence-electron chi connectivity index (χ0n) is 13.0. The monoisotopic (exact) mass is 329 g/mol. The Morgan fingerprint density at radius 2 is 1.88 bits per heavy atom. The molecular formula is C17H16FN3O3. The number of nitrogens with zero attached hydrogens (tertiary/aromatic N) is 1. The van der Waals surface area contributed by atoms with Gasteiger partial charge in [0.05, 0.1) is 25.4 Å². The Hall–Kier alpha value is -3.22. The summed E-state index contributed by atoms with van der Waals surface area (Å²) in [6.45, 7) is -0.323. The SMILES string of the molecule is COc1ccccc1/C=N/NC(=O)CNC(=O)c1ccccc1F. The van der Waals surface area contributed by atoms with Gasteiger partial charge in [-0.25, -0.2) is 9.82 Å². The number of para-hydroxylation sites is 1. The molecule has 124 valence electrons. The molecule has 7 heteroatoms. The van der Waals surface area contributed by atoms with E-state index < -0.39 is 17.6 Å². The van der Waals surface area contributed by atoms with Gasteiger partial charge in [-0.15, -0.1) is 0 Å². The van der Waals surface area contributed by atoms with E-state index in [0.717, 1.165) is 0 Å². The lowest BCUT2D eigenvalue weighted by molar-refractivity contribution is -0.120. The largest absolute Gasteiger partial charge is 0.496 e. The van der Waals surface area contributed by atoms with Crippen LogP contribution >= 0.6 is 0 Å². The molecule has 0 fully saturated rings. The van der Waals surface area contributed by atoms with Crippen LogP contribution in [0.3, 0.4) is 0 Å². The Morgan fingerprint density at radius 3 is 2.62 bits per heavy atom. The van der Waals surface area contributed by atoms with E-state index in [2.05, 4.69) is 15.8 Å². The van der Waals surface area contributed by atoms with Crippen LogP contribution < -0.4 is 15.5 Å². The Bertz CT molecular complexity index is 762. The van der Waals surface area contributed by atoms with Gasteiger partial charge in [-0.05, 0) is 24.3 Å². The van der Waals surface area contributed by atoms with Crippen molar-refractivity contribution in [3.05, 3.63) is 65.5 Å². The highest BCUT2D eigenvalue weighted by Gasteiger charge is 2.11. The molecule has 0 radical (unpaired) electrons. The summed E-state index contributed by atoms with van der Waals surface area (Å²) in [5.41, 5.74) is 2.84. The summed E-state index contributed by atoms with van der Waals surface area (Å²) < 4.78 is 18.6. The van der Waals surface area contributed by atoms with Crippen LogP contribution in [0.1, 0.15) is 15.9 Å². The van der Waals surface area contributed by atoms with Gasteiger partial charge in [-0.3, -0.25) is 9.59 Å². The standard InChI is InChI=1S/C17H16FN3O3/c1-24-15-9-5-2-6-12(15)10-20-21-16(22)11-19-17(23)13-7-3-4-8-14(13)18/h2-10H,11H2,1H3,(H,19,23)(H,21,22)/b20-10+. The van der Waals surface area contributed by atoms with E-state index in [9.17, 15) is 14.0 Å². The van der Waals surface area contributed by atoms with Crippen molar-refractivity contribution in [3.63, 3.8) is 0 Å². The predicted molar refractivity (Wildman–Crippen MR) is 87.5 cm³/mol. The molecule has 2 aromatic rings. The minimum Gasteiger partial charge on any atom is -0.496 e. The Kier molecular flexibility index (Phi) is 6.01. The summed E-state index contributed by atoms with van der Waals surface area (Å²) in [6.07, 6.45) is 1.43. The van der Waals surface area contributed by atoms with Crippen LogP contribution in [-0.2, 0) is 4.79 Å². The van der Waals surface area contributed by atoms with Crippen molar-refractivity contribution in [3.8, 4) is 5.75 Å². The third kappa shape index (κ3) is 4.64. The first-order valence-electron chi connectivity index (χ1n) is 7.09. The number of halogens is 1. The van der Waals surface area contributed by atoms with Gasteiger partial charge in [0.15, 0.2) is 0 Å². The first kappa shape index (κ1) is 17.1. The van der Waals surface area contributed by atoms with Crippen LogP contribution in [0.5, 0.6) is 5.75 Å². The summed E-state index contributed by atoms with van der Waals surface area (Å²) in [5.74, 6) is -1.24. The number of nitrogens with one attached hydrogen (secondary N) is 2. The van der Waals surface area contributed by atoms with E-state index in [1.165, 1.54) is 37.6 Å². The Labute approximate surface area is 138 Å². The van der Waals surface area contributed by atoms with Gasteiger partial charge < -0.3 is 10.1 Å². The van der Waals surface area contributed by atoms with Crippen LogP contribution in [0.25, 0.3) is 0 Å². The first-order chi connectivity index (χ1) is 11.6. The molecule has 0 saturated carbocycles. The normalized spacial score (nSPS) is 10.4. The van der Waals surface area contributed by atoms with Gasteiger partial charge >= 0.3 is 0 Å². The lowest BCUT2D eigenvalue weighted by atomic mass is 10.2. The van der Waals surface area contributed by atoms with E-state index in [1.54, 1.807) is 18.2 Å². The Balaban J connectivity index is 1.84. The molecule has 0 atom stereocenters. The molecule has 24 heavy (non-hydrogen) atoms. The number of ether oxygens (including phenoxy) is 1. The number of carbonyl (C=O) groups excluding carboxylic acids is 2. The van der Waals surface area contributed by atoms with Crippen molar-refractivity contribution < 1.29 is 18.7 Å². The average Bonchev–Trinajstić information content (AvgIpc) is 2.60. The molecule has 0 saturated heterocycles. The molecule has 2 rings (SSSR count). The molecule has 0 bridgehead atoms. The molecule has 0 spiro atoms. The van der Waals surface area contributed by atoms with Gasteiger partial charge in [-0.1, -0.05) is 24.3 Å². The van der Waals surface area contributed by atoms with Gasteiger partial charge in [0.25, 0.3) is 11.8 Å². The summed E-state index contributed by atoms with van der Waals surface area (Å²) in [6, 6.07) is 12.7. The third-order valence-corrected chi connectivity index (χ3v) is 3.06. The van der Waals surface area contributed by atoms with Gasteiger partial charge in [0.1, 0.15) is 11.6 Å². The molecule has 2 N–H and O–H groups in total.